The van der Waals surface area contributed by atoms with E-state index in [1.54, 1.807) is 10.7 Å². The molecule has 2 N–H and O–H groups in total. The summed E-state index contributed by atoms with van der Waals surface area (Å²) in [6, 6.07) is 10.3. The van der Waals surface area contributed by atoms with Crippen LogP contribution in [0.5, 0.6) is 5.75 Å². The van der Waals surface area contributed by atoms with Gasteiger partial charge in [-0.15, -0.1) is 14.3 Å². The van der Waals surface area contributed by atoms with E-state index in [0.29, 0.717) is 47.4 Å². The fraction of sp³-hybridized carbons (Fsp3) is 0.296. The lowest BCUT2D eigenvalue weighted by atomic mass is 10.0. The van der Waals surface area contributed by atoms with Crippen LogP contribution in [0.4, 0.5) is 14.6 Å². The van der Waals surface area contributed by atoms with Crippen molar-refractivity contribution in [2.24, 2.45) is 5.92 Å². The summed E-state index contributed by atoms with van der Waals surface area (Å²) in [5.74, 6) is 0.225. The molecule has 2 unspecified atom stereocenters. The van der Waals surface area contributed by atoms with Crippen LogP contribution in [0.2, 0.25) is 0 Å². The van der Waals surface area contributed by atoms with E-state index < -0.39 is 11.6 Å². The smallest absolute Gasteiger partial charge is 0.300 e. The maximum Gasteiger partial charge on any atom is 0.300 e. The number of anilines is 1. The zero-order valence-electron chi connectivity index (χ0n) is 21.5. The molecular formula is C27H31F2N5O2P2. The lowest BCUT2D eigenvalue weighted by Gasteiger charge is -2.19. The van der Waals surface area contributed by atoms with Gasteiger partial charge in [0, 0.05) is 29.0 Å². The number of aryl methyl sites for hydroxylation is 1. The first kappa shape index (κ1) is 27.9. The quantitative estimate of drug-likeness (QED) is 0.361. The van der Waals surface area contributed by atoms with Gasteiger partial charge in [0.1, 0.15) is 11.4 Å². The highest BCUT2D eigenvalue weighted by Gasteiger charge is 2.30. The van der Waals surface area contributed by atoms with Gasteiger partial charge in [0.25, 0.3) is 5.66 Å². The lowest BCUT2D eigenvalue weighted by Crippen LogP contribution is -2.25. The molecule has 1 saturated heterocycles. The third-order valence-corrected chi connectivity index (χ3v) is 6.36. The number of rotatable bonds is 8. The number of hydrogen-bond acceptors (Lipinski definition) is 5. The molecule has 1 aromatic carbocycles. The summed E-state index contributed by atoms with van der Waals surface area (Å²) in [6.45, 7) is 14.7. The molecule has 3 aromatic rings. The number of aromatic nitrogens is 3. The summed E-state index contributed by atoms with van der Waals surface area (Å²) >= 11 is 0. The lowest BCUT2D eigenvalue weighted by molar-refractivity contribution is -0.118. The van der Waals surface area contributed by atoms with Gasteiger partial charge >= 0.3 is 0 Å². The van der Waals surface area contributed by atoms with E-state index in [4.69, 9.17) is 4.74 Å². The van der Waals surface area contributed by atoms with Crippen molar-refractivity contribution in [3.8, 4) is 22.7 Å². The van der Waals surface area contributed by atoms with Crippen LogP contribution < -0.4 is 15.4 Å². The standard InChI is InChI=1S/C27H31F2N5O2P2/c1-15-8-18(10-20(9-15)36-14-26(4,5)37)22-11-24(32-25(35)21-13-30-17(3)16(21)2)33-34(22)19-6-7-23(31-12-19)27(28,29)38/h6-12,21,30H,2-3,13-14,37-38H2,1,4-5H3,(H,32,33,35)/t21-/m0/s1. The van der Waals surface area contributed by atoms with E-state index >= 15 is 0 Å². The fourth-order valence-electron chi connectivity index (χ4n) is 3.94. The van der Waals surface area contributed by atoms with Gasteiger partial charge in [-0.1, -0.05) is 36.2 Å². The van der Waals surface area contributed by atoms with Gasteiger partial charge in [0.15, 0.2) is 5.82 Å². The Morgan fingerprint density at radius 1 is 1.24 bits per heavy atom. The van der Waals surface area contributed by atoms with Crippen molar-refractivity contribution in [1.29, 1.82) is 0 Å². The first-order valence-electron chi connectivity index (χ1n) is 11.9. The SMILES string of the molecule is C=C1NC[C@H](C(=O)Nc2cc(-c3cc(C)cc(OCC(C)(C)P)c3)n(-c3ccc(C(F)(F)P)nc3)n2)C1=C. The molecule has 1 fully saturated rings. The number of allylic oxidation sites excluding steroid dienone is 1. The van der Waals surface area contributed by atoms with Crippen LogP contribution in [0.15, 0.2) is 67.0 Å². The molecule has 11 heteroatoms. The predicted octanol–water partition coefficient (Wildman–Crippen LogP) is 5.43. The number of halogens is 2. The van der Waals surface area contributed by atoms with Gasteiger partial charge in [-0.25, -0.2) is 4.68 Å². The first-order valence-corrected chi connectivity index (χ1v) is 13.1. The average Bonchev–Trinajstić information content (AvgIpc) is 3.39. The minimum Gasteiger partial charge on any atom is -0.493 e. The van der Waals surface area contributed by atoms with E-state index in [2.05, 4.69) is 57.0 Å². The Bertz CT molecular complexity index is 1390. The van der Waals surface area contributed by atoms with Crippen molar-refractivity contribution < 1.29 is 18.3 Å². The molecule has 0 spiro atoms. The number of pyridine rings is 1. The van der Waals surface area contributed by atoms with Crippen LogP contribution in [0.1, 0.15) is 25.1 Å². The summed E-state index contributed by atoms with van der Waals surface area (Å²) in [5, 5.41) is 10.4. The Morgan fingerprint density at radius 2 is 1.97 bits per heavy atom. The number of nitrogens with zero attached hydrogens (tertiary/aromatic N) is 3. The zero-order chi connectivity index (χ0) is 27.8. The van der Waals surface area contributed by atoms with Crippen LogP contribution in [0.25, 0.3) is 16.9 Å². The molecule has 1 amide bonds. The number of amides is 1. The minimum absolute atomic E-state index is 0.111. The first-order chi connectivity index (χ1) is 17.7. The maximum absolute atomic E-state index is 13.7. The highest BCUT2D eigenvalue weighted by Crippen LogP contribution is 2.35. The molecular weight excluding hydrogens is 526 g/mol. The normalized spacial score (nSPS) is 15.9. The molecule has 2 aromatic heterocycles. The number of benzene rings is 1. The molecule has 7 nitrogen and oxygen atoms in total. The molecule has 1 aliphatic rings. The predicted molar refractivity (Wildman–Crippen MR) is 153 cm³/mol. The largest absolute Gasteiger partial charge is 0.493 e. The number of ether oxygens (including phenoxy) is 1. The van der Waals surface area contributed by atoms with Crippen LogP contribution in [0, 0.1) is 12.8 Å². The fourth-order valence-corrected chi connectivity index (χ4v) is 4.19. The van der Waals surface area contributed by atoms with Gasteiger partial charge in [-0.05, 0) is 48.4 Å². The molecule has 0 radical (unpaired) electrons. The highest BCUT2D eigenvalue weighted by molar-refractivity contribution is 7.18. The second-order valence-corrected chi connectivity index (χ2v) is 12.4. The van der Waals surface area contributed by atoms with Crippen molar-refractivity contribution in [3.63, 3.8) is 0 Å². The Labute approximate surface area is 225 Å². The van der Waals surface area contributed by atoms with Crippen molar-refractivity contribution in [2.75, 3.05) is 18.5 Å². The molecule has 0 saturated carbocycles. The summed E-state index contributed by atoms with van der Waals surface area (Å²) in [6.07, 6.45) is 1.33. The van der Waals surface area contributed by atoms with Crippen LogP contribution >= 0.6 is 18.5 Å². The van der Waals surface area contributed by atoms with Gasteiger partial charge in [0.05, 0.1) is 30.1 Å². The summed E-state index contributed by atoms with van der Waals surface area (Å²) in [5.41, 5.74) is 0.531. The van der Waals surface area contributed by atoms with Crippen molar-refractivity contribution in [2.45, 2.75) is 31.6 Å². The third-order valence-electron chi connectivity index (χ3n) is 5.90. The van der Waals surface area contributed by atoms with Gasteiger partial charge in [-0.3, -0.25) is 9.78 Å². The number of nitrogens with one attached hydrogen (secondary N) is 2. The summed E-state index contributed by atoms with van der Waals surface area (Å²) in [7, 11) is 4.24. The van der Waals surface area contributed by atoms with Crippen molar-refractivity contribution in [1.82, 2.24) is 20.1 Å². The van der Waals surface area contributed by atoms with E-state index in [-0.39, 0.29) is 16.8 Å². The van der Waals surface area contributed by atoms with Gasteiger partial charge in [0.2, 0.25) is 5.91 Å². The van der Waals surface area contributed by atoms with Crippen molar-refractivity contribution in [3.05, 3.63) is 78.3 Å². The van der Waals surface area contributed by atoms with E-state index in [0.717, 1.165) is 11.1 Å². The second-order valence-electron chi connectivity index (χ2n) is 10.1. The monoisotopic (exact) mass is 557 g/mol. The maximum atomic E-state index is 13.7. The molecule has 3 atom stereocenters. The highest BCUT2D eigenvalue weighted by atomic mass is 31.0. The number of carbonyl (C=O) groups is 1. The molecule has 4 rings (SSSR count). The topological polar surface area (TPSA) is 81.1 Å². The van der Waals surface area contributed by atoms with Crippen LogP contribution in [-0.4, -0.2) is 39.0 Å². The second kappa shape index (κ2) is 10.5. The van der Waals surface area contributed by atoms with Gasteiger partial charge in [-0.2, -0.15) is 8.78 Å². The molecule has 0 aliphatic carbocycles. The Hall–Kier alpha value is -3.15. The number of alkyl halides is 2. The molecule has 38 heavy (non-hydrogen) atoms. The van der Waals surface area contributed by atoms with E-state index in [1.165, 1.54) is 27.6 Å². The van der Waals surface area contributed by atoms with Crippen LogP contribution in [-0.2, 0) is 10.5 Å². The van der Waals surface area contributed by atoms with Crippen molar-refractivity contribution >= 4 is 30.2 Å². The van der Waals surface area contributed by atoms with Gasteiger partial charge < -0.3 is 15.4 Å². The Kier molecular flexibility index (Phi) is 7.74. The number of hydrogen-bond donors (Lipinski definition) is 2. The molecule has 0 bridgehead atoms. The minimum atomic E-state index is -3.15. The molecule has 200 valence electrons. The van der Waals surface area contributed by atoms with E-state index in [9.17, 15) is 13.6 Å². The molecule has 3 heterocycles. The number of carbonyl (C=O) groups excluding carboxylic acids is 1. The Balaban J connectivity index is 1.74. The van der Waals surface area contributed by atoms with E-state index in [1.807, 2.05) is 25.1 Å². The zero-order valence-corrected chi connectivity index (χ0v) is 23.8. The Morgan fingerprint density at radius 3 is 2.55 bits per heavy atom. The third kappa shape index (κ3) is 6.46. The van der Waals surface area contributed by atoms with Crippen LogP contribution in [0.3, 0.4) is 0 Å². The molecule has 1 aliphatic heterocycles. The summed E-state index contributed by atoms with van der Waals surface area (Å²) in [4.78, 5) is 16.9. The summed E-state index contributed by atoms with van der Waals surface area (Å²) < 4.78 is 35.1. The average molecular weight is 558 g/mol.